The molecule has 0 unspecified atom stereocenters. The number of halogens is 1. The predicted molar refractivity (Wildman–Crippen MR) is 62.3 cm³/mol. The van der Waals surface area contributed by atoms with Crippen LogP contribution in [0.4, 0.5) is 0 Å². The summed E-state index contributed by atoms with van der Waals surface area (Å²) in [7, 11) is 1.37. The Morgan fingerprint density at radius 1 is 1.44 bits per heavy atom. The summed E-state index contributed by atoms with van der Waals surface area (Å²) in [6.07, 6.45) is 0.220. The van der Waals surface area contributed by atoms with Crippen LogP contribution < -0.4 is 10.1 Å². The highest BCUT2D eigenvalue weighted by molar-refractivity contribution is 5.89. The van der Waals surface area contributed by atoms with Gasteiger partial charge < -0.3 is 14.8 Å². The molecule has 0 radical (unpaired) electrons. The number of methoxy groups -OCH3 is 1. The number of benzene rings is 1. The molecule has 1 aromatic rings. The summed E-state index contributed by atoms with van der Waals surface area (Å²) < 4.78 is 10.2. The summed E-state index contributed by atoms with van der Waals surface area (Å²) in [6.45, 7) is 1.73. The van der Waals surface area contributed by atoms with Crippen molar-refractivity contribution in [2.45, 2.75) is 6.10 Å². The Morgan fingerprint density at radius 3 is 2.75 bits per heavy atom. The van der Waals surface area contributed by atoms with E-state index in [1.807, 2.05) is 6.07 Å². The molecule has 1 aliphatic rings. The largest absolute Gasteiger partial charge is 0.488 e. The quantitative estimate of drug-likeness (QED) is 0.812. The molecule has 4 nitrogen and oxygen atoms in total. The molecule has 0 aromatic heterocycles. The first-order chi connectivity index (χ1) is 7.29. The Labute approximate surface area is 100 Å². The zero-order valence-electron chi connectivity index (χ0n) is 8.93. The summed E-state index contributed by atoms with van der Waals surface area (Å²) in [6, 6.07) is 7.03. The van der Waals surface area contributed by atoms with Crippen LogP contribution in [0.2, 0.25) is 0 Å². The minimum absolute atomic E-state index is 0. The van der Waals surface area contributed by atoms with Crippen LogP contribution in [-0.2, 0) is 4.74 Å². The SMILES string of the molecule is COC(=O)c1cccc(OC2CNC2)c1.Cl. The molecule has 2 rings (SSSR count). The molecule has 1 N–H and O–H groups in total. The average molecular weight is 244 g/mol. The summed E-state index contributed by atoms with van der Waals surface area (Å²) >= 11 is 0. The predicted octanol–water partition coefficient (Wildman–Crippen LogP) is 1.25. The first-order valence-electron chi connectivity index (χ1n) is 4.85. The standard InChI is InChI=1S/C11H13NO3.ClH/c1-14-11(13)8-3-2-4-9(5-8)15-10-6-12-7-10;/h2-5,10,12H,6-7H2,1H3;1H. The lowest BCUT2D eigenvalue weighted by Gasteiger charge is -2.27. The molecule has 0 bridgehead atoms. The molecule has 0 saturated carbocycles. The normalized spacial score (nSPS) is 14.6. The highest BCUT2D eigenvalue weighted by Crippen LogP contribution is 2.16. The molecule has 0 amide bonds. The molecule has 0 aliphatic carbocycles. The number of esters is 1. The molecule has 1 saturated heterocycles. The monoisotopic (exact) mass is 243 g/mol. The van der Waals surface area contributed by atoms with E-state index in [9.17, 15) is 4.79 Å². The minimum atomic E-state index is -0.341. The fraction of sp³-hybridized carbons (Fsp3) is 0.364. The molecule has 5 heteroatoms. The van der Waals surface area contributed by atoms with Crippen molar-refractivity contribution < 1.29 is 14.3 Å². The first-order valence-corrected chi connectivity index (χ1v) is 4.85. The second-order valence-corrected chi connectivity index (χ2v) is 3.42. The van der Waals surface area contributed by atoms with Crippen LogP contribution in [0.1, 0.15) is 10.4 Å². The number of carbonyl (C=O) groups is 1. The van der Waals surface area contributed by atoms with Gasteiger partial charge >= 0.3 is 5.97 Å². The van der Waals surface area contributed by atoms with E-state index in [1.54, 1.807) is 18.2 Å². The van der Waals surface area contributed by atoms with Crippen molar-refractivity contribution in [3.05, 3.63) is 29.8 Å². The zero-order valence-corrected chi connectivity index (χ0v) is 9.75. The van der Waals surface area contributed by atoms with Crippen molar-refractivity contribution in [1.82, 2.24) is 5.32 Å². The van der Waals surface area contributed by atoms with Crippen LogP contribution in [0.5, 0.6) is 5.75 Å². The van der Waals surface area contributed by atoms with Gasteiger partial charge in [0.05, 0.1) is 12.7 Å². The fourth-order valence-corrected chi connectivity index (χ4v) is 1.35. The lowest BCUT2D eigenvalue weighted by molar-refractivity contribution is 0.0599. The molecule has 1 fully saturated rings. The Bertz CT molecular complexity index is 366. The van der Waals surface area contributed by atoms with Crippen molar-refractivity contribution in [2.24, 2.45) is 0 Å². The third kappa shape index (κ3) is 2.87. The van der Waals surface area contributed by atoms with Gasteiger partial charge in [0.2, 0.25) is 0 Å². The Balaban J connectivity index is 0.00000128. The van der Waals surface area contributed by atoms with E-state index in [4.69, 9.17) is 4.74 Å². The van der Waals surface area contributed by atoms with Crippen LogP contribution in [0.15, 0.2) is 24.3 Å². The Kier molecular flexibility index (Phi) is 4.58. The van der Waals surface area contributed by atoms with Crippen LogP contribution in [0.25, 0.3) is 0 Å². The number of ether oxygens (including phenoxy) is 2. The van der Waals surface area contributed by atoms with E-state index in [-0.39, 0.29) is 24.5 Å². The molecule has 1 heterocycles. The molecule has 1 aliphatic heterocycles. The molecular formula is C11H14ClNO3. The summed E-state index contributed by atoms with van der Waals surface area (Å²) in [5.41, 5.74) is 0.516. The van der Waals surface area contributed by atoms with Gasteiger partial charge in [-0.15, -0.1) is 12.4 Å². The van der Waals surface area contributed by atoms with Crippen molar-refractivity contribution in [3.63, 3.8) is 0 Å². The van der Waals surface area contributed by atoms with Gasteiger partial charge in [0, 0.05) is 13.1 Å². The lowest BCUT2D eigenvalue weighted by Crippen LogP contribution is -2.50. The molecule has 16 heavy (non-hydrogen) atoms. The van der Waals surface area contributed by atoms with Gasteiger partial charge in [-0.3, -0.25) is 0 Å². The molecule has 0 spiro atoms. The smallest absolute Gasteiger partial charge is 0.337 e. The van der Waals surface area contributed by atoms with Crippen molar-refractivity contribution in [2.75, 3.05) is 20.2 Å². The van der Waals surface area contributed by atoms with E-state index in [0.717, 1.165) is 13.1 Å². The van der Waals surface area contributed by atoms with E-state index < -0.39 is 0 Å². The van der Waals surface area contributed by atoms with Crippen molar-refractivity contribution >= 4 is 18.4 Å². The fourth-order valence-electron chi connectivity index (χ4n) is 1.35. The second kappa shape index (κ2) is 5.72. The van der Waals surface area contributed by atoms with Crippen LogP contribution in [0, 0.1) is 0 Å². The minimum Gasteiger partial charge on any atom is -0.488 e. The van der Waals surface area contributed by atoms with Gasteiger partial charge in [-0.05, 0) is 18.2 Å². The summed E-state index contributed by atoms with van der Waals surface area (Å²) in [4.78, 5) is 11.2. The van der Waals surface area contributed by atoms with Crippen LogP contribution in [0.3, 0.4) is 0 Å². The number of hydrogen-bond acceptors (Lipinski definition) is 4. The number of nitrogens with one attached hydrogen (secondary N) is 1. The van der Waals surface area contributed by atoms with Crippen LogP contribution >= 0.6 is 12.4 Å². The van der Waals surface area contributed by atoms with E-state index in [2.05, 4.69) is 10.1 Å². The topological polar surface area (TPSA) is 47.6 Å². The third-order valence-electron chi connectivity index (χ3n) is 2.30. The molecule has 88 valence electrons. The van der Waals surface area contributed by atoms with E-state index in [1.165, 1.54) is 7.11 Å². The Hall–Kier alpha value is -1.26. The second-order valence-electron chi connectivity index (χ2n) is 3.42. The van der Waals surface area contributed by atoms with Gasteiger partial charge in [-0.25, -0.2) is 4.79 Å². The van der Waals surface area contributed by atoms with Crippen molar-refractivity contribution in [1.29, 1.82) is 0 Å². The van der Waals surface area contributed by atoms with Gasteiger partial charge in [0.25, 0.3) is 0 Å². The highest BCUT2D eigenvalue weighted by Gasteiger charge is 2.18. The maximum absolute atomic E-state index is 11.2. The average Bonchev–Trinajstić information content (AvgIpc) is 2.23. The maximum atomic E-state index is 11.2. The summed E-state index contributed by atoms with van der Waals surface area (Å²) in [5.74, 6) is 0.372. The Morgan fingerprint density at radius 2 is 2.19 bits per heavy atom. The summed E-state index contributed by atoms with van der Waals surface area (Å²) in [5, 5.41) is 3.11. The number of carbonyl (C=O) groups excluding carboxylic acids is 1. The maximum Gasteiger partial charge on any atom is 0.337 e. The highest BCUT2D eigenvalue weighted by atomic mass is 35.5. The van der Waals surface area contributed by atoms with Crippen LogP contribution in [-0.4, -0.2) is 32.3 Å². The van der Waals surface area contributed by atoms with Crippen molar-refractivity contribution in [3.8, 4) is 5.75 Å². The van der Waals surface area contributed by atoms with Gasteiger partial charge in [-0.2, -0.15) is 0 Å². The van der Waals surface area contributed by atoms with E-state index >= 15 is 0 Å². The van der Waals surface area contributed by atoms with E-state index in [0.29, 0.717) is 11.3 Å². The van der Waals surface area contributed by atoms with Gasteiger partial charge in [-0.1, -0.05) is 6.07 Å². The van der Waals surface area contributed by atoms with Gasteiger partial charge in [0.1, 0.15) is 11.9 Å². The molecular weight excluding hydrogens is 230 g/mol. The molecule has 1 aromatic carbocycles. The number of rotatable bonds is 3. The zero-order chi connectivity index (χ0) is 10.7. The van der Waals surface area contributed by atoms with Gasteiger partial charge in [0.15, 0.2) is 0 Å². The lowest BCUT2D eigenvalue weighted by atomic mass is 10.2. The third-order valence-corrected chi connectivity index (χ3v) is 2.30. The first kappa shape index (κ1) is 12.8. The number of hydrogen-bond donors (Lipinski definition) is 1. The molecule has 0 atom stereocenters.